The first-order valence-corrected chi connectivity index (χ1v) is 7.52. The summed E-state index contributed by atoms with van der Waals surface area (Å²) in [5.41, 5.74) is 1.02. The van der Waals surface area contributed by atoms with E-state index in [1.54, 1.807) is 11.8 Å². The number of amides is 1. The lowest BCUT2D eigenvalue weighted by atomic mass is 10.0. The fraction of sp³-hybridized carbons (Fsp3) is 0.438. The molecule has 0 fully saturated rings. The van der Waals surface area contributed by atoms with Crippen molar-refractivity contribution in [3.63, 3.8) is 0 Å². The molecule has 1 aromatic carbocycles. The van der Waals surface area contributed by atoms with Crippen molar-refractivity contribution in [1.82, 2.24) is 25.6 Å². The molecule has 23 heavy (non-hydrogen) atoms. The van der Waals surface area contributed by atoms with Gasteiger partial charge in [0.05, 0.1) is 30.6 Å². The van der Waals surface area contributed by atoms with E-state index in [1.807, 2.05) is 50.4 Å². The Balaban J connectivity index is 1.97. The predicted octanol–water partition coefficient (Wildman–Crippen LogP) is 0.855. The van der Waals surface area contributed by atoms with Gasteiger partial charge >= 0.3 is 0 Å². The maximum absolute atomic E-state index is 12.0. The molecular weight excluding hydrogens is 294 g/mol. The highest BCUT2D eigenvalue weighted by Crippen LogP contribution is 2.18. The SMILES string of the molecule is COCCNCC(=O)NC(C)(C)c1cn(-c2ccccc2)nn1. The molecule has 0 radical (unpaired) electrons. The van der Waals surface area contributed by atoms with Crippen molar-refractivity contribution in [3.8, 4) is 5.69 Å². The number of carbonyl (C=O) groups is 1. The van der Waals surface area contributed by atoms with E-state index in [0.717, 1.165) is 5.69 Å². The number of methoxy groups -OCH3 is 1. The summed E-state index contributed by atoms with van der Waals surface area (Å²) in [6.07, 6.45) is 1.83. The van der Waals surface area contributed by atoms with Crippen LogP contribution < -0.4 is 10.6 Å². The number of aromatic nitrogens is 3. The minimum Gasteiger partial charge on any atom is -0.383 e. The molecule has 1 aromatic heterocycles. The highest BCUT2D eigenvalue weighted by Gasteiger charge is 2.26. The standard InChI is InChI=1S/C16H23N5O2/c1-16(2,18-15(22)11-17-9-10-23-3)14-12-21(20-19-14)13-7-5-4-6-8-13/h4-8,12,17H,9-11H2,1-3H3,(H,18,22). The summed E-state index contributed by atoms with van der Waals surface area (Å²) in [6, 6.07) is 9.72. The van der Waals surface area contributed by atoms with Crippen LogP contribution in [0, 0.1) is 0 Å². The summed E-state index contributed by atoms with van der Waals surface area (Å²) < 4.78 is 6.62. The molecule has 0 saturated heterocycles. The average molecular weight is 317 g/mol. The Morgan fingerprint density at radius 2 is 2.04 bits per heavy atom. The Morgan fingerprint density at radius 3 is 2.74 bits per heavy atom. The van der Waals surface area contributed by atoms with Crippen LogP contribution in [0.15, 0.2) is 36.5 Å². The normalized spacial score (nSPS) is 11.4. The third kappa shape index (κ3) is 4.87. The number of hydrogen-bond acceptors (Lipinski definition) is 5. The second-order valence-corrected chi connectivity index (χ2v) is 5.73. The molecule has 7 heteroatoms. The van der Waals surface area contributed by atoms with Crippen molar-refractivity contribution < 1.29 is 9.53 Å². The van der Waals surface area contributed by atoms with Crippen LogP contribution in [-0.2, 0) is 15.1 Å². The van der Waals surface area contributed by atoms with Gasteiger partial charge in [-0.1, -0.05) is 23.4 Å². The van der Waals surface area contributed by atoms with Crippen molar-refractivity contribution in [1.29, 1.82) is 0 Å². The molecule has 0 atom stereocenters. The van der Waals surface area contributed by atoms with Crippen LogP contribution in [0.1, 0.15) is 19.5 Å². The predicted molar refractivity (Wildman–Crippen MR) is 87.3 cm³/mol. The van der Waals surface area contributed by atoms with Gasteiger partial charge < -0.3 is 15.4 Å². The largest absolute Gasteiger partial charge is 0.383 e. The van der Waals surface area contributed by atoms with Crippen LogP contribution in [0.5, 0.6) is 0 Å². The van der Waals surface area contributed by atoms with Crippen LogP contribution in [0.25, 0.3) is 5.69 Å². The number of para-hydroxylation sites is 1. The zero-order chi connectivity index (χ0) is 16.7. The summed E-state index contributed by atoms with van der Waals surface area (Å²) in [5.74, 6) is -0.0969. The fourth-order valence-corrected chi connectivity index (χ4v) is 2.09. The summed E-state index contributed by atoms with van der Waals surface area (Å²) >= 11 is 0. The Bertz CT molecular complexity index is 624. The molecule has 0 bridgehead atoms. The molecule has 0 aliphatic carbocycles. The summed E-state index contributed by atoms with van der Waals surface area (Å²) in [4.78, 5) is 12.0. The second-order valence-electron chi connectivity index (χ2n) is 5.73. The molecule has 0 saturated carbocycles. The van der Waals surface area contributed by atoms with E-state index in [2.05, 4.69) is 20.9 Å². The first-order chi connectivity index (χ1) is 11.0. The second kappa shape index (κ2) is 7.85. The summed E-state index contributed by atoms with van der Waals surface area (Å²) in [7, 11) is 1.63. The highest BCUT2D eigenvalue weighted by atomic mass is 16.5. The topological polar surface area (TPSA) is 81.1 Å². The van der Waals surface area contributed by atoms with Crippen molar-refractivity contribution in [2.45, 2.75) is 19.4 Å². The van der Waals surface area contributed by atoms with Gasteiger partial charge in [-0.2, -0.15) is 0 Å². The Morgan fingerprint density at radius 1 is 1.30 bits per heavy atom. The third-order valence-electron chi connectivity index (χ3n) is 3.37. The van der Waals surface area contributed by atoms with E-state index >= 15 is 0 Å². The number of nitrogens with zero attached hydrogens (tertiary/aromatic N) is 3. The molecule has 2 aromatic rings. The number of ether oxygens (including phenoxy) is 1. The van der Waals surface area contributed by atoms with E-state index in [4.69, 9.17) is 4.74 Å². The number of hydrogen-bond donors (Lipinski definition) is 2. The van der Waals surface area contributed by atoms with E-state index in [9.17, 15) is 4.79 Å². The Hall–Kier alpha value is -2.25. The maximum atomic E-state index is 12.0. The average Bonchev–Trinajstić information content (AvgIpc) is 3.03. The molecule has 0 unspecified atom stereocenters. The Labute approximate surface area is 136 Å². The third-order valence-corrected chi connectivity index (χ3v) is 3.37. The highest BCUT2D eigenvalue weighted by molar-refractivity contribution is 5.78. The van der Waals surface area contributed by atoms with Crippen LogP contribution >= 0.6 is 0 Å². The smallest absolute Gasteiger partial charge is 0.234 e. The quantitative estimate of drug-likeness (QED) is 0.706. The monoisotopic (exact) mass is 317 g/mol. The lowest BCUT2D eigenvalue weighted by Crippen LogP contribution is -2.45. The van der Waals surface area contributed by atoms with Gasteiger partial charge in [0.2, 0.25) is 5.91 Å². The Kier molecular flexibility index (Phi) is 5.84. The first-order valence-electron chi connectivity index (χ1n) is 7.52. The zero-order valence-electron chi connectivity index (χ0n) is 13.7. The van der Waals surface area contributed by atoms with E-state index in [-0.39, 0.29) is 12.5 Å². The van der Waals surface area contributed by atoms with Gasteiger partial charge in [-0.3, -0.25) is 4.79 Å². The van der Waals surface area contributed by atoms with Crippen LogP contribution in [0.4, 0.5) is 0 Å². The molecule has 0 aliphatic rings. The molecule has 124 valence electrons. The minimum absolute atomic E-state index is 0.0969. The molecule has 7 nitrogen and oxygen atoms in total. The molecule has 0 spiro atoms. The van der Waals surface area contributed by atoms with Crippen molar-refractivity contribution in [3.05, 3.63) is 42.2 Å². The number of nitrogens with one attached hydrogen (secondary N) is 2. The zero-order valence-corrected chi connectivity index (χ0v) is 13.7. The van der Waals surface area contributed by atoms with Gasteiger partial charge in [-0.05, 0) is 26.0 Å². The number of carbonyl (C=O) groups excluding carboxylic acids is 1. The number of benzene rings is 1. The maximum Gasteiger partial charge on any atom is 0.234 e. The van der Waals surface area contributed by atoms with Gasteiger partial charge in [-0.25, -0.2) is 4.68 Å². The molecule has 2 N–H and O–H groups in total. The van der Waals surface area contributed by atoms with E-state index < -0.39 is 5.54 Å². The summed E-state index contributed by atoms with van der Waals surface area (Å²) in [6.45, 7) is 5.25. The van der Waals surface area contributed by atoms with Gasteiger partial charge in [0.15, 0.2) is 0 Å². The lowest BCUT2D eigenvalue weighted by Gasteiger charge is -2.23. The van der Waals surface area contributed by atoms with Crippen LogP contribution in [-0.4, -0.2) is 47.7 Å². The summed E-state index contributed by atoms with van der Waals surface area (Å²) in [5, 5.41) is 14.3. The molecule has 1 heterocycles. The lowest BCUT2D eigenvalue weighted by molar-refractivity contribution is -0.122. The first kappa shape index (κ1) is 17.1. The fourth-order valence-electron chi connectivity index (χ4n) is 2.09. The van der Waals surface area contributed by atoms with Gasteiger partial charge in [0, 0.05) is 13.7 Å². The van der Waals surface area contributed by atoms with Gasteiger partial charge in [0.1, 0.15) is 5.69 Å². The van der Waals surface area contributed by atoms with Crippen LogP contribution in [0.3, 0.4) is 0 Å². The molecule has 2 rings (SSSR count). The minimum atomic E-state index is -0.604. The number of rotatable bonds is 8. The van der Waals surface area contributed by atoms with Crippen molar-refractivity contribution >= 4 is 5.91 Å². The van der Waals surface area contributed by atoms with E-state index in [0.29, 0.717) is 18.8 Å². The molecular formula is C16H23N5O2. The van der Waals surface area contributed by atoms with Gasteiger partial charge in [0.25, 0.3) is 0 Å². The van der Waals surface area contributed by atoms with Gasteiger partial charge in [-0.15, -0.1) is 5.10 Å². The van der Waals surface area contributed by atoms with Crippen LogP contribution in [0.2, 0.25) is 0 Å². The molecule has 0 aliphatic heterocycles. The van der Waals surface area contributed by atoms with Crippen molar-refractivity contribution in [2.24, 2.45) is 0 Å². The van der Waals surface area contributed by atoms with Crippen molar-refractivity contribution in [2.75, 3.05) is 26.8 Å². The van der Waals surface area contributed by atoms with E-state index in [1.165, 1.54) is 0 Å². The molecule has 1 amide bonds.